The maximum atomic E-state index is 13.6. The lowest BCUT2D eigenvalue weighted by atomic mass is 9.85. The Morgan fingerprint density at radius 3 is 2.62 bits per heavy atom. The molecule has 0 amide bonds. The van der Waals surface area contributed by atoms with Crippen molar-refractivity contribution in [1.82, 2.24) is 0 Å². The number of hydrogen-bond donors (Lipinski definition) is 1. The summed E-state index contributed by atoms with van der Waals surface area (Å²) in [5.41, 5.74) is -0.567. The first kappa shape index (κ1) is 12.5. The van der Waals surface area contributed by atoms with Crippen molar-refractivity contribution >= 4 is 5.69 Å². The van der Waals surface area contributed by atoms with Crippen molar-refractivity contribution in [2.24, 2.45) is 5.90 Å². The average molecular weight is 228 g/mol. The van der Waals surface area contributed by atoms with E-state index < -0.39 is 16.2 Å². The van der Waals surface area contributed by atoms with Crippen LogP contribution in [0.15, 0.2) is 18.2 Å². The fourth-order valence-electron chi connectivity index (χ4n) is 1.45. The third kappa shape index (κ3) is 2.53. The Morgan fingerprint density at radius 1 is 1.56 bits per heavy atom. The van der Waals surface area contributed by atoms with Crippen LogP contribution in [0.2, 0.25) is 0 Å². The van der Waals surface area contributed by atoms with Crippen LogP contribution in [0.5, 0.6) is 0 Å². The standard InChI is InChI=1S/C10H13FN2O3/c1-10(2,6-16-12)8-4-3-7(13(14)15)5-9(8)11/h3-5H,6,12H2,1-2H3. The van der Waals surface area contributed by atoms with Gasteiger partial charge in [-0.25, -0.2) is 10.3 Å². The molecule has 16 heavy (non-hydrogen) atoms. The molecule has 1 rings (SSSR count). The largest absolute Gasteiger partial charge is 0.304 e. The first-order chi connectivity index (χ1) is 7.38. The molecule has 0 aliphatic rings. The zero-order chi connectivity index (χ0) is 12.3. The molecule has 0 saturated carbocycles. The number of non-ortho nitro benzene ring substituents is 1. The van der Waals surface area contributed by atoms with Gasteiger partial charge in [0, 0.05) is 11.5 Å². The molecular formula is C10H13FN2O3. The summed E-state index contributed by atoms with van der Waals surface area (Å²) >= 11 is 0. The van der Waals surface area contributed by atoms with Crippen LogP contribution in [-0.2, 0) is 10.3 Å². The van der Waals surface area contributed by atoms with Gasteiger partial charge in [-0.2, -0.15) is 0 Å². The van der Waals surface area contributed by atoms with Crippen molar-refractivity contribution in [3.05, 3.63) is 39.7 Å². The predicted molar refractivity (Wildman–Crippen MR) is 56.2 cm³/mol. The maximum Gasteiger partial charge on any atom is 0.272 e. The van der Waals surface area contributed by atoms with Gasteiger partial charge >= 0.3 is 0 Å². The number of hydrogen-bond acceptors (Lipinski definition) is 4. The molecule has 2 N–H and O–H groups in total. The monoisotopic (exact) mass is 228 g/mol. The average Bonchev–Trinajstić information content (AvgIpc) is 2.16. The number of benzene rings is 1. The Balaban J connectivity index is 3.12. The van der Waals surface area contributed by atoms with Gasteiger partial charge in [-0.3, -0.25) is 10.1 Å². The molecule has 0 atom stereocenters. The molecule has 0 spiro atoms. The lowest BCUT2D eigenvalue weighted by Crippen LogP contribution is -2.27. The topological polar surface area (TPSA) is 78.4 Å². The Morgan fingerprint density at radius 2 is 2.19 bits per heavy atom. The number of nitrogens with zero attached hydrogens (tertiary/aromatic N) is 1. The molecule has 0 fully saturated rings. The van der Waals surface area contributed by atoms with Crippen molar-refractivity contribution in [3.63, 3.8) is 0 Å². The van der Waals surface area contributed by atoms with Crippen molar-refractivity contribution in [2.75, 3.05) is 6.61 Å². The Hall–Kier alpha value is -1.53. The van der Waals surface area contributed by atoms with E-state index in [1.807, 2.05) is 0 Å². The summed E-state index contributed by atoms with van der Waals surface area (Å²) in [5.74, 6) is 4.32. The molecule has 0 saturated heterocycles. The number of nitro benzene ring substituents is 1. The third-order valence-electron chi connectivity index (χ3n) is 2.34. The Labute approximate surface area is 92.1 Å². The number of nitrogens with two attached hydrogens (primary N) is 1. The fraction of sp³-hybridized carbons (Fsp3) is 0.400. The second-order valence-corrected chi connectivity index (χ2v) is 4.12. The van der Waals surface area contributed by atoms with Gasteiger partial charge in [-0.05, 0) is 11.6 Å². The van der Waals surface area contributed by atoms with Crippen LogP contribution in [0.3, 0.4) is 0 Å². The summed E-state index contributed by atoms with van der Waals surface area (Å²) in [5, 5.41) is 10.4. The number of rotatable bonds is 4. The molecule has 0 aliphatic carbocycles. The van der Waals surface area contributed by atoms with E-state index in [0.717, 1.165) is 6.07 Å². The highest BCUT2D eigenvalue weighted by Gasteiger charge is 2.25. The molecule has 1 aromatic carbocycles. The van der Waals surface area contributed by atoms with Crippen LogP contribution in [0.4, 0.5) is 10.1 Å². The van der Waals surface area contributed by atoms with E-state index >= 15 is 0 Å². The van der Waals surface area contributed by atoms with Crippen LogP contribution >= 0.6 is 0 Å². The van der Waals surface area contributed by atoms with Gasteiger partial charge in [0.2, 0.25) is 0 Å². The van der Waals surface area contributed by atoms with Crippen LogP contribution in [0.1, 0.15) is 19.4 Å². The normalized spacial score (nSPS) is 11.5. The first-order valence-corrected chi connectivity index (χ1v) is 4.64. The highest BCUT2D eigenvalue weighted by Crippen LogP contribution is 2.28. The molecule has 0 unspecified atom stereocenters. The highest BCUT2D eigenvalue weighted by molar-refractivity contribution is 5.37. The van der Waals surface area contributed by atoms with E-state index in [1.54, 1.807) is 13.8 Å². The van der Waals surface area contributed by atoms with Crippen molar-refractivity contribution in [3.8, 4) is 0 Å². The minimum atomic E-state index is -0.640. The molecule has 6 heteroatoms. The molecule has 0 aliphatic heterocycles. The molecule has 88 valence electrons. The minimum Gasteiger partial charge on any atom is -0.304 e. The fourth-order valence-corrected chi connectivity index (χ4v) is 1.45. The first-order valence-electron chi connectivity index (χ1n) is 4.64. The Kier molecular flexibility index (Phi) is 3.56. The van der Waals surface area contributed by atoms with Crippen LogP contribution < -0.4 is 5.90 Å². The summed E-state index contributed by atoms with van der Waals surface area (Å²) in [7, 11) is 0. The zero-order valence-corrected chi connectivity index (χ0v) is 9.07. The predicted octanol–water partition coefficient (Wildman–Crippen LogP) is 1.90. The van der Waals surface area contributed by atoms with Crippen molar-refractivity contribution in [1.29, 1.82) is 0 Å². The number of nitro groups is 1. The molecular weight excluding hydrogens is 215 g/mol. The summed E-state index contributed by atoms with van der Waals surface area (Å²) in [4.78, 5) is 14.3. The maximum absolute atomic E-state index is 13.6. The minimum absolute atomic E-state index is 0.127. The third-order valence-corrected chi connectivity index (χ3v) is 2.34. The van der Waals surface area contributed by atoms with Gasteiger partial charge < -0.3 is 4.84 Å². The quantitative estimate of drug-likeness (QED) is 0.630. The van der Waals surface area contributed by atoms with Gasteiger partial charge in [-0.1, -0.05) is 13.8 Å². The Bertz CT molecular complexity index is 407. The molecule has 5 nitrogen and oxygen atoms in total. The highest BCUT2D eigenvalue weighted by atomic mass is 19.1. The molecule has 0 heterocycles. The lowest BCUT2D eigenvalue weighted by molar-refractivity contribution is -0.385. The SMILES string of the molecule is CC(C)(CON)c1ccc([N+](=O)[O-])cc1F. The van der Waals surface area contributed by atoms with E-state index in [2.05, 4.69) is 4.84 Å². The lowest BCUT2D eigenvalue weighted by Gasteiger charge is -2.23. The smallest absolute Gasteiger partial charge is 0.272 e. The van der Waals surface area contributed by atoms with E-state index in [0.29, 0.717) is 5.56 Å². The van der Waals surface area contributed by atoms with E-state index in [1.165, 1.54) is 12.1 Å². The van der Waals surface area contributed by atoms with Crippen LogP contribution in [-0.4, -0.2) is 11.5 Å². The van der Waals surface area contributed by atoms with Crippen molar-refractivity contribution < 1.29 is 14.2 Å². The molecule has 0 radical (unpaired) electrons. The van der Waals surface area contributed by atoms with Gasteiger partial charge in [0.25, 0.3) is 5.69 Å². The summed E-state index contributed by atoms with van der Waals surface area (Å²) in [6, 6.07) is 3.54. The van der Waals surface area contributed by atoms with Gasteiger partial charge in [-0.15, -0.1) is 0 Å². The van der Waals surface area contributed by atoms with Gasteiger partial charge in [0.1, 0.15) is 5.82 Å². The van der Waals surface area contributed by atoms with Crippen molar-refractivity contribution in [2.45, 2.75) is 19.3 Å². The van der Waals surface area contributed by atoms with E-state index in [9.17, 15) is 14.5 Å². The molecule has 0 bridgehead atoms. The van der Waals surface area contributed by atoms with Crippen LogP contribution in [0, 0.1) is 15.9 Å². The second-order valence-electron chi connectivity index (χ2n) is 4.12. The van der Waals surface area contributed by atoms with Crippen LogP contribution in [0.25, 0.3) is 0 Å². The van der Waals surface area contributed by atoms with E-state index in [-0.39, 0.29) is 12.3 Å². The summed E-state index contributed by atoms with van der Waals surface area (Å²) in [6.45, 7) is 3.61. The van der Waals surface area contributed by atoms with E-state index in [4.69, 9.17) is 5.90 Å². The summed E-state index contributed by atoms with van der Waals surface area (Å²) < 4.78 is 13.6. The summed E-state index contributed by atoms with van der Waals surface area (Å²) in [6.07, 6.45) is 0. The number of halogens is 1. The second kappa shape index (κ2) is 4.54. The molecule has 1 aromatic rings. The zero-order valence-electron chi connectivity index (χ0n) is 9.07. The molecule has 0 aromatic heterocycles. The van der Waals surface area contributed by atoms with Gasteiger partial charge in [0.05, 0.1) is 17.6 Å². The van der Waals surface area contributed by atoms with Gasteiger partial charge in [0.15, 0.2) is 0 Å².